The average Bonchev–Trinajstić information content (AvgIpc) is 2.79. The summed E-state index contributed by atoms with van der Waals surface area (Å²) in [4.78, 5) is 0. The molecule has 0 spiro atoms. The number of aromatic hydroxyl groups is 1. The van der Waals surface area contributed by atoms with Crippen LogP contribution in [0.5, 0.6) is 5.88 Å². The predicted octanol–water partition coefficient (Wildman–Crippen LogP) is 5.95. The Morgan fingerprint density at radius 3 is 2.58 bits per heavy atom. The Hall–Kier alpha value is -2.41. The summed E-state index contributed by atoms with van der Waals surface area (Å²) < 4.78 is 29.8. The van der Waals surface area contributed by atoms with Crippen LogP contribution in [0.3, 0.4) is 0 Å². The molecule has 0 amide bonds. The number of thioether (sulfide) groups is 1. The van der Waals surface area contributed by atoms with Crippen LogP contribution in [0.2, 0.25) is 0 Å². The molecule has 3 aromatic rings. The SMILES string of the molecule is Cc1ccc(C)c(N=Nc2c(O)n(C3CSC3)c3c(F)cc(F)cc23)c1. The van der Waals surface area contributed by atoms with Crippen LogP contribution in [-0.2, 0) is 0 Å². The van der Waals surface area contributed by atoms with Crippen molar-refractivity contribution in [1.82, 2.24) is 4.57 Å². The van der Waals surface area contributed by atoms with E-state index in [1.54, 1.807) is 11.8 Å². The maximum atomic E-state index is 14.5. The molecule has 1 N–H and O–H groups in total. The van der Waals surface area contributed by atoms with E-state index in [4.69, 9.17) is 0 Å². The largest absolute Gasteiger partial charge is 0.493 e. The molecule has 26 heavy (non-hydrogen) atoms. The molecule has 4 nitrogen and oxygen atoms in total. The molecular weight excluding hydrogens is 356 g/mol. The zero-order valence-corrected chi connectivity index (χ0v) is 15.1. The average molecular weight is 373 g/mol. The topological polar surface area (TPSA) is 49.9 Å². The Morgan fingerprint density at radius 1 is 1.12 bits per heavy atom. The van der Waals surface area contributed by atoms with Crippen LogP contribution < -0.4 is 0 Å². The molecule has 7 heteroatoms. The molecule has 1 aliphatic rings. The van der Waals surface area contributed by atoms with Crippen molar-refractivity contribution < 1.29 is 13.9 Å². The summed E-state index contributed by atoms with van der Waals surface area (Å²) in [5.74, 6) is -0.0636. The van der Waals surface area contributed by atoms with Crippen LogP contribution in [0.1, 0.15) is 17.2 Å². The molecule has 0 aliphatic carbocycles. The number of fused-ring (bicyclic) bond motifs is 1. The smallest absolute Gasteiger partial charge is 0.221 e. The van der Waals surface area contributed by atoms with Gasteiger partial charge in [0.2, 0.25) is 5.88 Å². The summed E-state index contributed by atoms with van der Waals surface area (Å²) in [6.07, 6.45) is 0. The van der Waals surface area contributed by atoms with E-state index in [0.717, 1.165) is 28.7 Å². The van der Waals surface area contributed by atoms with Gasteiger partial charge in [0.1, 0.15) is 5.82 Å². The molecule has 0 atom stereocenters. The van der Waals surface area contributed by atoms with Crippen LogP contribution in [-0.4, -0.2) is 21.2 Å². The molecule has 1 saturated heterocycles. The molecule has 2 aromatic carbocycles. The quantitative estimate of drug-likeness (QED) is 0.577. The summed E-state index contributed by atoms with van der Waals surface area (Å²) in [5, 5.41) is 19.3. The van der Waals surface area contributed by atoms with E-state index in [0.29, 0.717) is 5.69 Å². The maximum absolute atomic E-state index is 14.5. The molecule has 0 bridgehead atoms. The summed E-state index contributed by atoms with van der Waals surface area (Å²) in [6.45, 7) is 3.85. The molecule has 1 fully saturated rings. The number of hydrogen-bond acceptors (Lipinski definition) is 4. The third kappa shape index (κ3) is 2.76. The van der Waals surface area contributed by atoms with Crippen molar-refractivity contribution in [3.63, 3.8) is 0 Å². The van der Waals surface area contributed by atoms with Gasteiger partial charge in [-0.2, -0.15) is 16.9 Å². The third-order valence-electron chi connectivity index (χ3n) is 4.57. The van der Waals surface area contributed by atoms with E-state index in [-0.39, 0.29) is 28.5 Å². The number of rotatable bonds is 3. The van der Waals surface area contributed by atoms with Gasteiger partial charge in [-0.15, -0.1) is 5.11 Å². The number of halogens is 2. The lowest BCUT2D eigenvalue weighted by atomic mass is 10.1. The number of aryl methyl sites for hydroxylation is 2. The van der Waals surface area contributed by atoms with E-state index >= 15 is 0 Å². The Balaban J connectivity index is 1.90. The molecule has 1 aliphatic heterocycles. The molecule has 1 aromatic heterocycles. The van der Waals surface area contributed by atoms with Gasteiger partial charge in [-0.1, -0.05) is 12.1 Å². The number of nitrogens with zero attached hydrogens (tertiary/aromatic N) is 3. The van der Waals surface area contributed by atoms with Crippen LogP contribution in [0.15, 0.2) is 40.6 Å². The highest BCUT2D eigenvalue weighted by atomic mass is 32.2. The predicted molar refractivity (Wildman–Crippen MR) is 100.0 cm³/mol. The van der Waals surface area contributed by atoms with Crippen molar-refractivity contribution in [2.24, 2.45) is 10.2 Å². The normalized spacial score (nSPS) is 15.1. The van der Waals surface area contributed by atoms with E-state index in [1.807, 2.05) is 32.0 Å². The van der Waals surface area contributed by atoms with Crippen molar-refractivity contribution in [2.45, 2.75) is 19.9 Å². The van der Waals surface area contributed by atoms with Crippen LogP contribution in [0.4, 0.5) is 20.2 Å². The fourth-order valence-electron chi connectivity index (χ4n) is 3.09. The lowest BCUT2D eigenvalue weighted by Gasteiger charge is -2.27. The first-order valence-electron chi connectivity index (χ1n) is 8.24. The van der Waals surface area contributed by atoms with E-state index in [1.165, 1.54) is 10.6 Å². The van der Waals surface area contributed by atoms with Crippen molar-refractivity contribution >= 4 is 34.0 Å². The van der Waals surface area contributed by atoms with E-state index in [2.05, 4.69) is 10.2 Å². The van der Waals surface area contributed by atoms with Crippen LogP contribution in [0, 0.1) is 25.5 Å². The Labute approximate surface area is 153 Å². The highest BCUT2D eigenvalue weighted by molar-refractivity contribution is 8.00. The summed E-state index contributed by atoms with van der Waals surface area (Å²) in [7, 11) is 0. The fourth-order valence-corrected chi connectivity index (χ4v) is 3.83. The van der Waals surface area contributed by atoms with E-state index in [9.17, 15) is 13.9 Å². The number of azo groups is 1. The van der Waals surface area contributed by atoms with Gasteiger partial charge in [-0.3, -0.25) is 0 Å². The lowest BCUT2D eigenvalue weighted by molar-refractivity contribution is 0.404. The van der Waals surface area contributed by atoms with Gasteiger partial charge in [-0.05, 0) is 37.1 Å². The summed E-state index contributed by atoms with van der Waals surface area (Å²) >= 11 is 1.71. The zero-order valence-electron chi connectivity index (χ0n) is 14.3. The maximum Gasteiger partial charge on any atom is 0.221 e. The molecule has 0 unspecified atom stereocenters. The Kier molecular flexibility index (Phi) is 4.19. The highest BCUT2D eigenvalue weighted by Gasteiger charge is 2.29. The van der Waals surface area contributed by atoms with Crippen LogP contribution >= 0.6 is 11.8 Å². The van der Waals surface area contributed by atoms with Crippen molar-refractivity contribution in [3.05, 3.63) is 53.1 Å². The van der Waals surface area contributed by atoms with Gasteiger partial charge in [-0.25, -0.2) is 8.78 Å². The molecular formula is C19H17F2N3OS. The van der Waals surface area contributed by atoms with Crippen molar-refractivity contribution in [1.29, 1.82) is 0 Å². The Morgan fingerprint density at radius 2 is 1.88 bits per heavy atom. The minimum absolute atomic E-state index is 0.0351. The standard InChI is InChI=1S/C19H17F2N3OS/c1-10-3-4-11(2)16(5-10)22-23-17-14-6-12(20)7-15(21)18(14)24(19(17)25)13-8-26-9-13/h3-7,13,25H,8-9H2,1-2H3. The third-order valence-corrected chi connectivity index (χ3v) is 5.81. The summed E-state index contributed by atoms with van der Waals surface area (Å²) in [5.41, 5.74) is 2.87. The van der Waals surface area contributed by atoms with Gasteiger partial charge < -0.3 is 9.67 Å². The molecule has 0 radical (unpaired) electrons. The minimum Gasteiger partial charge on any atom is -0.493 e. The van der Waals surface area contributed by atoms with E-state index < -0.39 is 11.6 Å². The first kappa shape index (κ1) is 17.0. The van der Waals surface area contributed by atoms with Gasteiger partial charge >= 0.3 is 0 Å². The second kappa shape index (κ2) is 6.39. The molecule has 2 heterocycles. The highest BCUT2D eigenvalue weighted by Crippen LogP contribution is 2.46. The molecule has 134 valence electrons. The fraction of sp³-hybridized carbons (Fsp3) is 0.263. The van der Waals surface area contributed by atoms with Gasteiger partial charge in [0, 0.05) is 23.0 Å². The zero-order chi connectivity index (χ0) is 18.4. The van der Waals surface area contributed by atoms with Gasteiger partial charge in [0.25, 0.3) is 0 Å². The Bertz CT molecular complexity index is 1040. The van der Waals surface area contributed by atoms with Crippen molar-refractivity contribution in [2.75, 3.05) is 11.5 Å². The first-order chi connectivity index (χ1) is 12.5. The number of hydrogen-bond donors (Lipinski definition) is 1. The minimum atomic E-state index is -0.710. The molecule has 0 saturated carbocycles. The lowest BCUT2D eigenvalue weighted by Crippen LogP contribution is -2.22. The summed E-state index contributed by atoms with van der Waals surface area (Å²) in [6, 6.07) is 7.76. The van der Waals surface area contributed by atoms with Gasteiger partial charge in [0.15, 0.2) is 11.5 Å². The monoisotopic (exact) mass is 373 g/mol. The first-order valence-corrected chi connectivity index (χ1v) is 9.40. The van der Waals surface area contributed by atoms with Gasteiger partial charge in [0.05, 0.1) is 17.2 Å². The second-order valence-electron chi connectivity index (χ2n) is 6.51. The van der Waals surface area contributed by atoms with Crippen LogP contribution in [0.25, 0.3) is 10.9 Å². The number of benzene rings is 2. The molecule has 4 rings (SSSR count). The second-order valence-corrected chi connectivity index (χ2v) is 7.58. The van der Waals surface area contributed by atoms with Crippen molar-refractivity contribution in [3.8, 4) is 5.88 Å². The number of aromatic nitrogens is 1.